The molecule has 2 aromatic carbocycles. The summed E-state index contributed by atoms with van der Waals surface area (Å²) in [6.07, 6.45) is 0.649. The minimum Gasteiger partial charge on any atom is -0.372 e. The van der Waals surface area contributed by atoms with Gasteiger partial charge >= 0.3 is 0 Å². The van der Waals surface area contributed by atoms with E-state index in [0.717, 1.165) is 28.8 Å². The van der Waals surface area contributed by atoms with Crippen LogP contribution in [0.1, 0.15) is 26.3 Å². The molecule has 0 atom stereocenters. The molecule has 0 saturated carbocycles. The zero-order valence-corrected chi connectivity index (χ0v) is 16.6. The summed E-state index contributed by atoms with van der Waals surface area (Å²) in [6.45, 7) is 7.97. The standard InChI is InChI=1S/C18H23BrN2O2S/c1-4-14-13-15(19)7-12-18(14)24(22,23)20-16-8-10-17(11-9-16)21(5-2)6-3/h7-13,20H,4-6H2,1-3H3. The van der Waals surface area contributed by atoms with Gasteiger partial charge in [-0.3, -0.25) is 4.72 Å². The summed E-state index contributed by atoms with van der Waals surface area (Å²) < 4.78 is 28.9. The lowest BCUT2D eigenvalue weighted by molar-refractivity contribution is 0.600. The minimum atomic E-state index is -3.60. The lowest BCUT2D eigenvalue weighted by atomic mass is 10.2. The molecule has 6 heteroatoms. The molecule has 0 fully saturated rings. The van der Waals surface area contributed by atoms with Crippen LogP contribution in [0.5, 0.6) is 0 Å². The van der Waals surface area contributed by atoms with Crippen molar-refractivity contribution in [3.8, 4) is 0 Å². The third-order valence-corrected chi connectivity index (χ3v) is 5.92. The highest BCUT2D eigenvalue weighted by Gasteiger charge is 2.18. The van der Waals surface area contributed by atoms with E-state index in [9.17, 15) is 8.42 Å². The first-order chi connectivity index (χ1) is 11.4. The number of anilines is 2. The van der Waals surface area contributed by atoms with Crippen molar-refractivity contribution >= 4 is 37.3 Å². The number of sulfonamides is 1. The number of nitrogens with zero attached hydrogens (tertiary/aromatic N) is 1. The molecule has 1 N–H and O–H groups in total. The zero-order chi connectivity index (χ0) is 17.7. The van der Waals surface area contributed by atoms with E-state index in [4.69, 9.17) is 0 Å². The maximum absolute atomic E-state index is 12.7. The van der Waals surface area contributed by atoms with Crippen molar-refractivity contribution in [2.75, 3.05) is 22.7 Å². The van der Waals surface area contributed by atoms with Crippen molar-refractivity contribution in [1.29, 1.82) is 0 Å². The Kier molecular flexibility index (Phi) is 6.29. The first-order valence-corrected chi connectivity index (χ1v) is 10.3. The first kappa shape index (κ1) is 18.8. The number of benzene rings is 2. The van der Waals surface area contributed by atoms with Crippen LogP contribution in [0.2, 0.25) is 0 Å². The van der Waals surface area contributed by atoms with E-state index in [-0.39, 0.29) is 0 Å². The van der Waals surface area contributed by atoms with Gasteiger partial charge in [0.25, 0.3) is 10.0 Å². The van der Waals surface area contributed by atoms with Crippen LogP contribution in [0.3, 0.4) is 0 Å². The molecule has 0 saturated heterocycles. The van der Waals surface area contributed by atoms with Gasteiger partial charge in [0.15, 0.2) is 0 Å². The number of halogens is 1. The van der Waals surface area contributed by atoms with Crippen LogP contribution in [0, 0.1) is 0 Å². The second-order valence-electron chi connectivity index (χ2n) is 5.43. The molecular weight excluding hydrogens is 388 g/mol. The summed E-state index contributed by atoms with van der Waals surface area (Å²) >= 11 is 3.39. The second-order valence-corrected chi connectivity index (χ2v) is 8.00. The highest BCUT2D eigenvalue weighted by molar-refractivity contribution is 9.10. The van der Waals surface area contributed by atoms with E-state index in [1.807, 2.05) is 25.1 Å². The summed E-state index contributed by atoms with van der Waals surface area (Å²) in [4.78, 5) is 2.53. The van der Waals surface area contributed by atoms with Crippen molar-refractivity contribution < 1.29 is 8.42 Å². The van der Waals surface area contributed by atoms with Gasteiger partial charge in [0, 0.05) is 28.9 Å². The molecule has 0 amide bonds. The second kappa shape index (κ2) is 8.03. The fourth-order valence-electron chi connectivity index (χ4n) is 2.63. The molecule has 0 bridgehead atoms. The van der Waals surface area contributed by atoms with Gasteiger partial charge in [-0.15, -0.1) is 0 Å². The molecule has 0 aliphatic rings. The summed E-state index contributed by atoms with van der Waals surface area (Å²) in [7, 11) is -3.60. The molecule has 2 aromatic rings. The fraction of sp³-hybridized carbons (Fsp3) is 0.333. The van der Waals surface area contributed by atoms with Gasteiger partial charge in [-0.25, -0.2) is 8.42 Å². The quantitative estimate of drug-likeness (QED) is 0.721. The molecule has 0 spiro atoms. The number of rotatable bonds is 7. The smallest absolute Gasteiger partial charge is 0.262 e. The number of hydrogen-bond donors (Lipinski definition) is 1. The lowest BCUT2D eigenvalue weighted by Crippen LogP contribution is -2.21. The van der Waals surface area contributed by atoms with Crippen molar-refractivity contribution in [2.45, 2.75) is 32.1 Å². The maximum atomic E-state index is 12.7. The Morgan fingerprint density at radius 3 is 2.17 bits per heavy atom. The highest BCUT2D eigenvalue weighted by Crippen LogP contribution is 2.25. The summed E-state index contributed by atoms with van der Waals surface area (Å²) in [5, 5.41) is 0. The van der Waals surface area contributed by atoms with Crippen LogP contribution in [0.15, 0.2) is 51.8 Å². The van der Waals surface area contributed by atoms with Crippen LogP contribution >= 0.6 is 15.9 Å². The number of aryl methyl sites for hydroxylation is 1. The largest absolute Gasteiger partial charge is 0.372 e. The zero-order valence-electron chi connectivity index (χ0n) is 14.2. The van der Waals surface area contributed by atoms with Gasteiger partial charge in [0.1, 0.15) is 0 Å². The van der Waals surface area contributed by atoms with Crippen LogP contribution in [-0.2, 0) is 16.4 Å². The molecule has 0 unspecified atom stereocenters. The van der Waals surface area contributed by atoms with Gasteiger partial charge in [-0.05, 0) is 68.3 Å². The van der Waals surface area contributed by atoms with E-state index >= 15 is 0 Å². The van der Waals surface area contributed by atoms with E-state index in [1.54, 1.807) is 24.3 Å². The number of nitrogens with one attached hydrogen (secondary N) is 1. The Labute approximate surface area is 153 Å². The predicted octanol–water partition coefficient (Wildman–Crippen LogP) is 4.66. The third-order valence-electron chi connectivity index (χ3n) is 3.94. The van der Waals surface area contributed by atoms with Gasteiger partial charge < -0.3 is 4.90 Å². The predicted molar refractivity (Wildman–Crippen MR) is 104 cm³/mol. The van der Waals surface area contributed by atoms with Crippen LogP contribution in [0.25, 0.3) is 0 Å². The van der Waals surface area contributed by atoms with E-state index in [1.165, 1.54) is 0 Å². The Bertz CT molecular complexity index is 785. The van der Waals surface area contributed by atoms with Crippen LogP contribution in [-0.4, -0.2) is 21.5 Å². The van der Waals surface area contributed by atoms with Gasteiger partial charge in [-0.1, -0.05) is 22.9 Å². The van der Waals surface area contributed by atoms with E-state index in [2.05, 4.69) is 39.4 Å². The Balaban J connectivity index is 2.27. The topological polar surface area (TPSA) is 49.4 Å². The SMILES string of the molecule is CCc1cc(Br)ccc1S(=O)(=O)Nc1ccc(N(CC)CC)cc1. The van der Waals surface area contributed by atoms with Crippen LogP contribution in [0.4, 0.5) is 11.4 Å². The van der Waals surface area contributed by atoms with E-state index in [0.29, 0.717) is 17.0 Å². The molecular formula is C18H23BrN2O2S. The number of hydrogen-bond acceptors (Lipinski definition) is 3. The molecule has 2 rings (SSSR count). The summed E-state index contributed by atoms with van der Waals surface area (Å²) in [5.41, 5.74) is 2.44. The monoisotopic (exact) mass is 410 g/mol. The van der Waals surface area contributed by atoms with Crippen molar-refractivity contribution in [2.24, 2.45) is 0 Å². The molecule has 130 valence electrons. The molecule has 0 aliphatic heterocycles. The molecule has 0 aromatic heterocycles. The average molecular weight is 411 g/mol. The van der Waals surface area contributed by atoms with Gasteiger partial charge in [0.05, 0.1) is 4.90 Å². The minimum absolute atomic E-state index is 0.320. The van der Waals surface area contributed by atoms with E-state index < -0.39 is 10.0 Å². The highest BCUT2D eigenvalue weighted by atomic mass is 79.9. The average Bonchev–Trinajstić information content (AvgIpc) is 2.56. The molecule has 0 radical (unpaired) electrons. The van der Waals surface area contributed by atoms with Crippen molar-refractivity contribution in [3.63, 3.8) is 0 Å². The lowest BCUT2D eigenvalue weighted by Gasteiger charge is -2.21. The Hall–Kier alpha value is -1.53. The maximum Gasteiger partial charge on any atom is 0.262 e. The normalized spacial score (nSPS) is 11.3. The fourth-order valence-corrected chi connectivity index (χ4v) is 4.39. The van der Waals surface area contributed by atoms with Crippen molar-refractivity contribution in [3.05, 3.63) is 52.5 Å². The molecule has 0 aliphatic carbocycles. The molecule has 0 heterocycles. The Morgan fingerprint density at radius 2 is 1.62 bits per heavy atom. The third kappa shape index (κ3) is 4.30. The summed E-state index contributed by atoms with van der Waals surface area (Å²) in [5.74, 6) is 0. The van der Waals surface area contributed by atoms with Crippen LogP contribution < -0.4 is 9.62 Å². The molecule has 24 heavy (non-hydrogen) atoms. The summed E-state index contributed by atoms with van der Waals surface area (Å²) in [6, 6.07) is 12.7. The van der Waals surface area contributed by atoms with Gasteiger partial charge in [-0.2, -0.15) is 0 Å². The molecule has 4 nitrogen and oxygen atoms in total. The first-order valence-electron chi connectivity index (χ1n) is 8.07. The van der Waals surface area contributed by atoms with Gasteiger partial charge in [0.2, 0.25) is 0 Å². The van der Waals surface area contributed by atoms with Crippen molar-refractivity contribution in [1.82, 2.24) is 0 Å². The Morgan fingerprint density at radius 1 is 1.00 bits per heavy atom.